The number of carbonyl (C=O) groups is 1. The number of aromatic nitrogens is 1. The lowest BCUT2D eigenvalue weighted by atomic mass is 10.1. The maximum absolute atomic E-state index is 13.0. The summed E-state index contributed by atoms with van der Waals surface area (Å²) in [5.41, 5.74) is 0.259. The van der Waals surface area contributed by atoms with Crippen LogP contribution in [-0.2, 0) is 0 Å². The highest BCUT2D eigenvalue weighted by Gasteiger charge is 2.27. The highest BCUT2D eigenvalue weighted by molar-refractivity contribution is 6.06. The topological polar surface area (TPSA) is 89.5 Å². The van der Waals surface area contributed by atoms with Crippen LogP contribution in [-0.4, -0.2) is 15.8 Å². The Balaban J connectivity index is 1.99. The molecule has 0 aliphatic heterocycles. The SMILES string of the molecule is CC(c1ccco1)N(C(=O)c1ccc([N+](=O)[O-])cc1)c1ccccn1. The summed E-state index contributed by atoms with van der Waals surface area (Å²) in [7, 11) is 0. The molecule has 0 aliphatic rings. The molecule has 0 saturated heterocycles. The fourth-order valence-corrected chi connectivity index (χ4v) is 2.50. The number of rotatable bonds is 5. The monoisotopic (exact) mass is 337 g/mol. The van der Waals surface area contributed by atoms with E-state index in [9.17, 15) is 14.9 Å². The zero-order valence-electron chi connectivity index (χ0n) is 13.4. The molecule has 1 unspecified atom stereocenters. The van der Waals surface area contributed by atoms with Crippen LogP contribution in [0.5, 0.6) is 0 Å². The molecule has 7 nitrogen and oxygen atoms in total. The molecule has 0 aliphatic carbocycles. The van der Waals surface area contributed by atoms with Crippen molar-refractivity contribution in [1.82, 2.24) is 4.98 Å². The maximum Gasteiger partial charge on any atom is 0.269 e. The molecule has 1 aromatic carbocycles. The quantitative estimate of drug-likeness (QED) is 0.519. The fraction of sp³-hybridized carbons (Fsp3) is 0.111. The van der Waals surface area contributed by atoms with Gasteiger partial charge in [0.25, 0.3) is 11.6 Å². The predicted octanol–water partition coefficient (Wildman–Crippen LogP) is 3.99. The van der Waals surface area contributed by atoms with Crippen LogP contribution >= 0.6 is 0 Å². The van der Waals surface area contributed by atoms with Gasteiger partial charge in [-0.15, -0.1) is 0 Å². The van der Waals surface area contributed by atoms with Crippen molar-refractivity contribution >= 4 is 17.4 Å². The molecule has 7 heteroatoms. The molecule has 3 aromatic rings. The predicted molar refractivity (Wildman–Crippen MR) is 91.3 cm³/mol. The molecule has 1 atom stereocenters. The Labute approximate surface area is 143 Å². The van der Waals surface area contributed by atoms with E-state index in [1.165, 1.54) is 29.2 Å². The Morgan fingerprint density at radius 3 is 2.48 bits per heavy atom. The summed E-state index contributed by atoms with van der Waals surface area (Å²) < 4.78 is 5.42. The van der Waals surface area contributed by atoms with Gasteiger partial charge in [0.15, 0.2) is 0 Å². The van der Waals surface area contributed by atoms with Gasteiger partial charge in [-0.2, -0.15) is 0 Å². The molecule has 0 N–H and O–H groups in total. The Kier molecular flexibility index (Phi) is 4.56. The number of hydrogen-bond donors (Lipinski definition) is 0. The zero-order chi connectivity index (χ0) is 17.8. The first-order valence-electron chi connectivity index (χ1n) is 7.60. The molecule has 0 saturated carbocycles. The lowest BCUT2D eigenvalue weighted by molar-refractivity contribution is -0.384. The fourth-order valence-electron chi connectivity index (χ4n) is 2.50. The summed E-state index contributed by atoms with van der Waals surface area (Å²) in [5, 5.41) is 10.8. The Hall–Kier alpha value is -3.48. The Morgan fingerprint density at radius 2 is 1.92 bits per heavy atom. The number of amides is 1. The number of non-ortho nitro benzene ring substituents is 1. The average molecular weight is 337 g/mol. The molecule has 0 bridgehead atoms. The number of benzene rings is 1. The van der Waals surface area contributed by atoms with Gasteiger partial charge in [-0.25, -0.2) is 4.98 Å². The molecular formula is C18H15N3O4. The largest absolute Gasteiger partial charge is 0.467 e. The van der Waals surface area contributed by atoms with Crippen LogP contribution in [0.1, 0.15) is 29.1 Å². The number of furan rings is 1. The standard InChI is InChI=1S/C18H15N3O4/c1-13(16-5-4-12-25-16)20(17-6-2-3-11-19-17)18(22)14-7-9-15(10-8-14)21(23)24/h2-13H,1H3. The summed E-state index contributed by atoms with van der Waals surface area (Å²) in [6.45, 7) is 1.83. The Morgan fingerprint density at radius 1 is 1.16 bits per heavy atom. The van der Waals surface area contributed by atoms with Crippen LogP contribution in [0.25, 0.3) is 0 Å². The average Bonchev–Trinajstić information content (AvgIpc) is 3.17. The lowest BCUT2D eigenvalue weighted by Crippen LogP contribution is -2.34. The number of nitrogens with zero attached hydrogens (tertiary/aromatic N) is 3. The number of anilines is 1. The molecule has 2 aromatic heterocycles. The van der Waals surface area contributed by atoms with Gasteiger partial charge >= 0.3 is 0 Å². The molecule has 0 radical (unpaired) electrons. The van der Waals surface area contributed by atoms with Crippen LogP contribution in [0.2, 0.25) is 0 Å². The first kappa shape index (κ1) is 16.4. The molecule has 3 rings (SSSR count). The van der Waals surface area contributed by atoms with E-state index in [1.54, 1.807) is 42.8 Å². The second kappa shape index (κ2) is 6.96. The van der Waals surface area contributed by atoms with Crippen molar-refractivity contribution in [1.29, 1.82) is 0 Å². The second-order valence-corrected chi connectivity index (χ2v) is 5.36. The summed E-state index contributed by atoms with van der Waals surface area (Å²) in [4.78, 5) is 29.1. The maximum atomic E-state index is 13.0. The van der Waals surface area contributed by atoms with Crippen molar-refractivity contribution in [2.45, 2.75) is 13.0 Å². The first-order valence-corrected chi connectivity index (χ1v) is 7.60. The Bertz CT molecular complexity index is 861. The van der Waals surface area contributed by atoms with E-state index >= 15 is 0 Å². The highest BCUT2D eigenvalue weighted by Crippen LogP contribution is 2.28. The second-order valence-electron chi connectivity index (χ2n) is 5.36. The number of nitro groups is 1. The van der Waals surface area contributed by atoms with Gasteiger partial charge in [-0.3, -0.25) is 19.8 Å². The van der Waals surface area contributed by atoms with Gasteiger partial charge in [-0.05, 0) is 43.3 Å². The van der Waals surface area contributed by atoms with Crippen LogP contribution in [0.15, 0.2) is 71.5 Å². The number of pyridine rings is 1. The van der Waals surface area contributed by atoms with E-state index in [0.29, 0.717) is 17.1 Å². The molecule has 25 heavy (non-hydrogen) atoms. The molecule has 1 amide bonds. The number of carbonyl (C=O) groups excluding carboxylic acids is 1. The minimum absolute atomic E-state index is 0.0694. The van der Waals surface area contributed by atoms with E-state index in [-0.39, 0.29) is 11.6 Å². The van der Waals surface area contributed by atoms with Crippen molar-refractivity contribution in [2.75, 3.05) is 4.90 Å². The summed E-state index contributed by atoms with van der Waals surface area (Å²) >= 11 is 0. The van der Waals surface area contributed by atoms with Crippen LogP contribution in [0.3, 0.4) is 0 Å². The van der Waals surface area contributed by atoms with Crippen molar-refractivity contribution in [3.05, 3.63) is 88.5 Å². The third-order valence-electron chi connectivity index (χ3n) is 3.78. The van der Waals surface area contributed by atoms with E-state index in [2.05, 4.69) is 4.98 Å². The van der Waals surface area contributed by atoms with Crippen molar-refractivity contribution in [3.8, 4) is 0 Å². The minimum Gasteiger partial charge on any atom is -0.467 e. The molecule has 0 spiro atoms. The highest BCUT2D eigenvalue weighted by atomic mass is 16.6. The molecule has 0 fully saturated rings. The lowest BCUT2D eigenvalue weighted by Gasteiger charge is -2.27. The van der Waals surface area contributed by atoms with E-state index in [0.717, 1.165) is 0 Å². The number of nitro benzene ring substituents is 1. The van der Waals surface area contributed by atoms with Crippen LogP contribution in [0, 0.1) is 10.1 Å². The summed E-state index contributed by atoms with van der Waals surface area (Å²) in [6.07, 6.45) is 3.14. The third-order valence-corrected chi connectivity index (χ3v) is 3.78. The molecule has 2 heterocycles. The minimum atomic E-state index is -0.504. The van der Waals surface area contributed by atoms with E-state index < -0.39 is 11.0 Å². The van der Waals surface area contributed by atoms with Crippen LogP contribution in [0.4, 0.5) is 11.5 Å². The van der Waals surface area contributed by atoms with E-state index in [1.807, 2.05) is 6.92 Å². The van der Waals surface area contributed by atoms with Crippen molar-refractivity contribution in [2.24, 2.45) is 0 Å². The van der Waals surface area contributed by atoms with Crippen molar-refractivity contribution in [3.63, 3.8) is 0 Å². The van der Waals surface area contributed by atoms with Gasteiger partial charge in [0, 0.05) is 23.9 Å². The van der Waals surface area contributed by atoms with Gasteiger partial charge in [0.1, 0.15) is 11.6 Å². The van der Waals surface area contributed by atoms with Gasteiger partial charge in [0.05, 0.1) is 17.2 Å². The smallest absolute Gasteiger partial charge is 0.269 e. The number of hydrogen-bond acceptors (Lipinski definition) is 5. The van der Waals surface area contributed by atoms with E-state index in [4.69, 9.17) is 4.42 Å². The van der Waals surface area contributed by atoms with Crippen molar-refractivity contribution < 1.29 is 14.1 Å². The molecule has 126 valence electrons. The summed E-state index contributed by atoms with van der Waals surface area (Å²) in [6, 6.07) is 13.9. The van der Waals surface area contributed by atoms with Crippen LogP contribution < -0.4 is 4.90 Å². The summed E-state index contributed by atoms with van der Waals surface area (Å²) in [5.74, 6) is 0.758. The third kappa shape index (κ3) is 3.40. The zero-order valence-corrected chi connectivity index (χ0v) is 13.4. The van der Waals surface area contributed by atoms with Gasteiger partial charge < -0.3 is 4.42 Å². The first-order chi connectivity index (χ1) is 12.1. The van der Waals surface area contributed by atoms with Gasteiger partial charge in [0.2, 0.25) is 0 Å². The molecular weight excluding hydrogens is 322 g/mol. The normalized spacial score (nSPS) is 11.7. The van der Waals surface area contributed by atoms with Gasteiger partial charge in [-0.1, -0.05) is 6.07 Å².